The number of hydrogen-bond acceptors (Lipinski definition) is 2. The zero-order chi connectivity index (χ0) is 8.91. The Hall–Kier alpha value is 0.200. The topological polar surface area (TPSA) is 26.3 Å². The van der Waals surface area contributed by atoms with Gasteiger partial charge in [0.15, 0.2) is 0 Å². The second-order valence-electron chi connectivity index (χ2n) is 2.96. The van der Waals surface area contributed by atoms with E-state index in [0.717, 1.165) is 12.8 Å². The number of halogens is 1. The minimum Gasteiger partial charge on any atom is -0.465 e. The molecule has 0 saturated carbocycles. The summed E-state index contributed by atoms with van der Waals surface area (Å²) in [4.78, 5) is 11.1. The Morgan fingerprint density at radius 1 is 1.55 bits per heavy atom. The van der Waals surface area contributed by atoms with Crippen molar-refractivity contribution in [3.05, 3.63) is 0 Å². The Bertz CT molecular complexity index is 127. The molecule has 0 heterocycles. The first-order chi connectivity index (χ1) is 4.98. The van der Waals surface area contributed by atoms with Crippen LogP contribution in [-0.2, 0) is 9.53 Å². The van der Waals surface area contributed by atoms with Gasteiger partial charge < -0.3 is 4.74 Å². The Labute approximate surface area is 81.8 Å². The first-order valence-electron chi connectivity index (χ1n) is 3.84. The highest BCUT2D eigenvalue weighted by molar-refractivity contribution is 14.1. The smallest absolute Gasteiger partial charge is 0.321 e. The summed E-state index contributed by atoms with van der Waals surface area (Å²) in [5.74, 6) is -0.119. The molecular formula is C8H15IO2. The van der Waals surface area contributed by atoms with Gasteiger partial charge in [0.05, 0.1) is 6.61 Å². The molecule has 0 aliphatic rings. The standard InChI is InChI=1S/C8H15IO2/c1-4-5-6-11-7(10)8(2,3)9/h4-6H2,1-3H3. The van der Waals surface area contributed by atoms with Crippen LogP contribution in [0.3, 0.4) is 0 Å². The van der Waals surface area contributed by atoms with E-state index in [4.69, 9.17) is 4.74 Å². The lowest BCUT2D eigenvalue weighted by Crippen LogP contribution is -2.26. The van der Waals surface area contributed by atoms with E-state index >= 15 is 0 Å². The molecule has 0 aliphatic carbocycles. The molecule has 0 aliphatic heterocycles. The van der Waals surface area contributed by atoms with E-state index in [9.17, 15) is 4.79 Å². The average Bonchev–Trinajstić information content (AvgIpc) is 1.86. The maximum absolute atomic E-state index is 11.1. The van der Waals surface area contributed by atoms with Crippen molar-refractivity contribution in [1.29, 1.82) is 0 Å². The predicted octanol–water partition coefficient (Wildman–Crippen LogP) is 2.54. The van der Waals surface area contributed by atoms with Gasteiger partial charge in [-0.25, -0.2) is 0 Å². The van der Waals surface area contributed by atoms with Crippen LogP contribution in [-0.4, -0.2) is 16.0 Å². The summed E-state index contributed by atoms with van der Waals surface area (Å²) in [6, 6.07) is 0. The lowest BCUT2D eigenvalue weighted by atomic mass is 10.2. The van der Waals surface area contributed by atoms with Crippen LogP contribution < -0.4 is 0 Å². The number of rotatable bonds is 4. The Balaban J connectivity index is 3.54. The van der Waals surface area contributed by atoms with Crippen molar-refractivity contribution in [2.75, 3.05) is 6.61 Å². The largest absolute Gasteiger partial charge is 0.465 e. The summed E-state index contributed by atoms with van der Waals surface area (Å²) >= 11 is 2.08. The van der Waals surface area contributed by atoms with Crippen LogP contribution in [0.25, 0.3) is 0 Å². The number of carbonyl (C=O) groups is 1. The fraction of sp³-hybridized carbons (Fsp3) is 0.875. The van der Waals surface area contributed by atoms with Crippen LogP contribution in [0.1, 0.15) is 33.6 Å². The third kappa shape index (κ3) is 5.47. The van der Waals surface area contributed by atoms with Gasteiger partial charge in [-0.15, -0.1) is 0 Å². The molecule has 0 radical (unpaired) electrons. The van der Waals surface area contributed by atoms with Crippen molar-refractivity contribution in [1.82, 2.24) is 0 Å². The molecule has 11 heavy (non-hydrogen) atoms. The van der Waals surface area contributed by atoms with Crippen molar-refractivity contribution in [2.24, 2.45) is 0 Å². The molecule has 66 valence electrons. The number of hydrogen-bond donors (Lipinski definition) is 0. The Morgan fingerprint density at radius 3 is 2.45 bits per heavy atom. The zero-order valence-corrected chi connectivity index (χ0v) is 9.47. The summed E-state index contributed by atoms with van der Waals surface area (Å²) < 4.78 is 4.62. The van der Waals surface area contributed by atoms with E-state index in [-0.39, 0.29) is 9.39 Å². The van der Waals surface area contributed by atoms with Crippen LogP contribution in [0.5, 0.6) is 0 Å². The monoisotopic (exact) mass is 270 g/mol. The van der Waals surface area contributed by atoms with Gasteiger partial charge in [0.2, 0.25) is 0 Å². The molecular weight excluding hydrogens is 255 g/mol. The molecule has 0 aromatic heterocycles. The van der Waals surface area contributed by atoms with Crippen molar-refractivity contribution in [3.8, 4) is 0 Å². The second kappa shape index (κ2) is 4.95. The van der Waals surface area contributed by atoms with Gasteiger partial charge in [0.25, 0.3) is 0 Å². The van der Waals surface area contributed by atoms with Gasteiger partial charge in [0, 0.05) is 0 Å². The van der Waals surface area contributed by atoms with Crippen LogP contribution in [0.4, 0.5) is 0 Å². The highest BCUT2D eigenvalue weighted by atomic mass is 127. The van der Waals surface area contributed by atoms with E-state index in [1.165, 1.54) is 0 Å². The fourth-order valence-corrected chi connectivity index (χ4v) is 0.637. The normalized spacial score (nSPS) is 11.3. The molecule has 0 rings (SSSR count). The van der Waals surface area contributed by atoms with Gasteiger partial charge in [-0.05, 0) is 20.3 Å². The second-order valence-corrected chi connectivity index (χ2v) is 5.66. The molecule has 0 atom stereocenters. The number of ether oxygens (including phenoxy) is 1. The lowest BCUT2D eigenvalue weighted by molar-refractivity contribution is -0.145. The van der Waals surface area contributed by atoms with E-state index in [2.05, 4.69) is 29.5 Å². The minimum absolute atomic E-state index is 0.119. The summed E-state index contributed by atoms with van der Waals surface area (Å²) in [6.45, 7) is 6.33. The van der Waals surface area contributed by atoms with E-state index in [0.29, 0.717) is 6.61 Å². The third-order valence-electron chi connectivity index (χ3n) is 1.22. The predicted molar refractivity (Wildman–Crippen MR) is 54.0 cm³/mol. The highest BCUT2D eigenvalue weighted by Gasteiger charge is 2.24. The third-order valence-corrected chi connectivity index (χ3v) is 1.66. The molecule has 0 unspecified atom stereocenters. The summed E-state index contributed by atoms with van der Waals surface area (Å²) in [7, 11) is 0. The number of carbonyl (C=O) groups excluding carboxylic acids is 1. The quantitative estimate of drug-likeness (QED) is 0.339. The Kier molecular flexibility index (Phi) is 5.04. The maximum atomic E-state index is 11.1. The molecule has 3 heteroatoms. The first-order valence-corrected chi connectivity index (χ1v) is 4.92. The van der Waals surface area contributed by atoms with Crippen LogP contribution >= 0.6 is 22.6 Å². The molecule has 0 saturated heterocycles. The van der Waals surface area contributed by atoms with Crippen LogP contribution in [0.2, 0.25) is 0 Å². The summed E-state index contributed by atoms with van der Waals surface area (Å²) in [6.07, 6.45) is 2.02. The molecule has 0 spiro atoms. The minimum atomic E-state index is -0.383. The van der Waals surface area contributed by atoms with Crippen LogP contribution in [0, 0.1) is 0 Å². The van der Waals surface area contributed by atoms with Gasteiger partial charge in [0.1, 0.15) is 3.42 Å². The van der Waals surface area contributed by atoms with Gasteiger partial charge in [-0.1, -0.05) is 35.9 Å². The van der Waals surface area contributed by atoms with E-state index in [1.54, 1.807) is 0 Å². The van der Waals surface area contributed by atoms with Gasteiger partial charge in [-0.2, -0.15) is 0 Å². The molecule has 0 amide bonds. The van der Waals surface area contributed by atoms with Crippen LogP contribution in [0.15, 0.2) is 0 Å². The number of alkyl halides is 1. The zero-order valence-electron chi connectivity index (χ0n) is 7.32. The summed E-state index contributed by atoms with van der Waals surface area (Å²) in [5.41, 5.74) is 0. The number of esters is 1. The molecule has 2 nitrogen and oxygen atoms in total. The molecule has 0 N–H and O–H groups in total. The molecule has 0 fully saturated rings. The maximum Gasteiger partial charge on any atom is 0.321 e. The fourth-order valence-electron chi connectivity index (χ4n) is 0.481. The molecule has 0 bridgehead atoms. The average molecular weight is 270 g/mol. The molecule has 0 aromatic rings. The SMILES string of the molecule is CCCCOC(=O)C(C)(C)I. The molecule has 0 aromatic carbocycles. The lowest BCUT2D eigenvalue weighted by Gasteiger charge is -2.14. The highest BCUT2D eigenvalue weighted by Crippen LogP contribution is 2.18. The van der Waals surface area contributed by atoms with Gasteiger partial charge >= 0.3 is 5.97 Å². The van der Waals surface area contributed by atoms with Crippen molar-refractivity contribution < 1.29 is 9.53 Å². The van der Waals surface area contributed by atoms with E-state index < -0.39 is 0 Å². The summed E-state index contributed by atoms with van der Waals surface area (Å²) in [5, 5.41) is 0. The van der Waals surface area contributed by atoms with Crippen molar-refractivity contribution >= 4 is 28.6 Å². The Morgan fingerprint density at radius 2 is 2.09 bits per heavy atom. The van der Waals surface area contributed by atoms with Gasteiger partial charge in [-0.3, -0.25) is 4.79 Å². The first kappa shape index (κ1) is 11.2. The van der Waals surface area contributed by atoms with E-state index in [1.807, 2.05) is 13.8 Å². The number of unbranched alkanes of at least 4 members (excludes halogenated alkanes) is 1. The van der Waals surface area contributed by atoms with Crippen molar-refractivity contribution in [3.63, 3.8) is 0 Å². The van der Waals surface area contributed by atoms with Crippen molar-refractivity contribution in [2.45, 2.75) is 37.0 Å².